The summed E-state index contributed by atoms with van der Waals surface area (Å²) in [6.45, 7) is 7.58. The van der Waals surface area contributed by atoms with E-state index in [4.69, 9.17) is 4.74 Å². The summed E-state index contributed by atoms with van der Waals surface area (Å²) in [5, 5.41) is 2.94. The summed E-state index contributed by atoms with van der Waals surface area (Å²) in [6, 6.07) is 17.9. The van der Waals surface area contributed by atoms with Crippen LogP contribution in [0.1, 0.15) is 25.0 Å². The van der Waals surface area contributed by atoms with Gasteiger partial charge < -0.3 is 15.0 Å². The number of hydrogen-bond donors (Lipinski definition) is 1. The number of rotatable bonds is 7. The zero-order valence-corrected chi connectivity index (χ0v) is 14.7. The lowest BCUT2D eigenvalue weighted by Gasteiger charge is -2.27. The summed E-state index contributed by atoms with van der Waals surface area (Å²) in [4.78, 5) is 14.2. The van der Waals surface area contributed by atoms with E-state index >= 15 is 0 Å². The van der Waals surface area contributed by atoms with Crippen LogP contribution < -0.4 is 10.1 Å². The fourth-order valence-electron chi connectivity index (χ4n) is 2.41. The van der Waals surface area contributed by atoms with E-state index in [-0.39, 0.29) is 12.1 Å². The molecule has 128 valence electrons. The lowest BCUT2D eigenvalue weighted by Crippen LogP contribution is -2.44. The van der Waals surface area contributed by atoms with Crippen molar-refractivity contribution in [1.29, 1.82) is 0 Å². The van der Waals surface area contributed by atoms with Gasteiger partial charge in [0.1, 0.15) is 12.4 Å². The van der Waals surface area contributed by atoms with Gasteiger partial charge in [-0.1, -0.05) is 48.5 Å². The highest BCUT2D eigenvalue weighted by atomic mass is 16.5. The first kappa shape index (κ1) is 17.9. The second-order valence-corrected chi connectivity index (χ2v) is 6.05. The zero-order chi connectivity index (χ0) is 17.4. The van der Waals surface area contributed by atoms with Gasteiger partial charge in [-0.05, 0) is 38.0 Å². The van der Waals surface area contributed by atoms with Crippen molar-refractivity contribution in [3.63, 3.8) is 0 Å². The Morgan fingerprint density at radius 2 is 1.75 bits per heavy atom. The van der Waals surface area contributed by atoms with Gasteiger partial charge in [0.25, 0.3) is 0 Å². The molecule has 0 unspecified atom stereocenters. The molecular formula is C20H26N2O2. The number of para-hydroxylation sites is 1. The average Bonchev–Trinajstić information content (AvgIpc) is 2.58. The molecule has 0 aromatic heterocycles. The molecule has 2 aromatic carbocycles. The Morgan fingerprint density at radius 1 is 1.08 bits per heavy atom. The van der Waals surface area contributed by atoms with Crippen LogP contribution >= 0.6 is 0 Å². The Bertz CT molecular complexity index is 641. The molecule has 2 rings (SSSR count). The Balaban J connectivity index is 1.81. The Hall–Kier alpha value is -2.49. The SMILES string of the molecule is Cc1ccccc1OCCNC(=O)N(Cc1ccccc1)C(C)C. The summed E-state index contributed by atoms with van der Waals surface area (Å²) in [5.41, 5.74) is 2.22. The normalized spacial score (nSPS) is 10.5. The lowest BCUT2D eigenvalue weighted by atomic mass is 10.2. The third kappa shape index (κ3) is 5.30. The average molecular weight is 326 g/mol. The third-order valence-electron chi connectivity index (χ3n) is 3.81. The minimum Gasteiger partial charge on any atom is -0.491 e. The van der Waals surface area contributed by atoms with Gasteiger partial charge in [-0.3, -0.25) is 0 Å². The second kappa shape index (κ2) is 8.96. The summed E-state index contributed by atoms with van der Waals surface area (Å²) in [5.74, 6) is 0.858. The number of ether oxygens (including phenoxy) is 1. The molecule has 1 N–H and O–H groups in total. The first-order chi connectivity index (χ1) is 11.6. The van der Waals surface area contributed by atoms with E-state index < -0.39 is 0 Å². The molecular weight excluding hydrogens is 300 g/mol. The molecule has 0 aliphatic carbocycles. The van der Waals surface area contributed by atoms with Crippen molar-refractivity contribution in [3.05, 3.63) is 65.7 Å². The number of carbonyl (C=O) groups is 1. The van der Waals surface area contributed by atoms with Gasteiger partial charge in [0.05, 0.1) is 6.54 Å². The van der Waals surface area contributed by atoms with E-state index in [1.54, 1.807) is 0 Å². The van der Waals surface area contributed by atoms with Crippen LogP contribution in [0.25, 0.3) is 0 Å². The van der Waals surface area contributed by atoms with Gasteiger partial charge in [-0.15, -0.1) is 0 Å². The molecule has 24 heavy (non-hydrogen) atoms. The van der Waals surface area contributed by atoms with Gasteiger partial charge in [0, 0.05) is 12.6 Å². The van der Waals surface area contributed by atoms with Crippen LogP contribution in [0.3, 0.4) is 0 Å². The Labute approximate surface area is 144 Å². The first-order valence-corrected chi connectivity index (χ1v) is 8.34. The van der Waals surface area contributed by atoms with Gasteiger partial charge in [-0.25, -0.2) is 4.79 Å². The Kier molecular flexibility index (Phi) is 6.67. The molecule has 0 aliphatic heterocycles. The van der Waals surface area contributed by atoms with Crippen LogP contribution in [-0.2, 0) is 6.54 Å². The van der Waals surface area contributed by atoms with Crippen LogP contribution in [0.2, 0.25) is 0 Å². The molecule has 0 saturated carbocycles. The van der Waals surface area contributed by atoms with E-state index in [0.717, 1.165) is 16.9 Å². The number of urea groups is 1. The summed E-state index contributed by atoms with van der Waals surface area (Å²) in [6.07, 6.45) is 0. The number of benzene rings is 2. The minimum atomic E-state index is -0.0674. The highest BCUT2D eigenvalue weighted by molar-refractivity contribution is 5.74. The first-order valence-electron chi connectivity index (χ1n) is 8.34. The van der Waals surface area contributed by atoms with Crippen molar-refractivity contribution in [2.45, 2.75) is 33.4 Å². The molecule has 4 nitrogen and oxygen atoms in total. The number of nitrogens with zero attached hydrogens (tertiary/aromatic N) is 1. The summed E-state index contributed by atoms with van der Waals surface area (Å²) < 4.78 is 5.71. The largest absolute Gasteiger partial charge is 0.491 e. The van der Waals surface area contributed by atoms with Crippen molar-refractivity contribution in [1.82, 2.24) is 10.2 Å². The fraction of sp³-hybridized carbons (Fsp3) is 0.350. The molecule has 0 bridgehead atoms. The quantitative estimate of drug-likeness (QED) is 0.782. The third-order valence-corrected chi connectivity index (χ3v) is 3.81. The van der Waals surface area contributed by atoms with Crippen molar-refractivity contribution < 1.29 is 9.53 Å². The predicted octanol–water partition coefficient (Wildman–Crippen LogP) is 3.99. The molecule has 4 heteroatoms. The molecule has 0 heterocycles. The highest BCUT2D eigenvalue weighted by Gasteiger charge is 2.16. The number of aryl methyl sites for hydroxylation is 1. The van der Waals surface area contributed by atoms with Crippen molar-refractivity contribution in [2.24, 2.45) is 0 Å². The molecule has 0 radical (unpaired) electrons. The highest BCUT2D eigenvalue weighted by Crippen LogP contribution is 2.15. The van der Waals surface area contributed by atoms with Crippen LogP contribution in [0.4, 0.5) is 4.79 Å². The van der Waals surface area contributed by atoms with Crippen molar-refractivity contribution in [3.8, 4) is 5.75 Å². The maximum atomic E-state index is 12.4. The van der Waals surface area contributed by atoms with Crippen LogP contribution in [0.5, 0.6) is 5.75 Å². The van der Waals surface area contributed by atoms with Crippen LogP contribution in [0.15, 0.2) is 54.6 Å². The number of carbonyl (C=O) groups excluding carboxylic acids is 1. The number of nitrogens with one attached hydrogen (secondary N) is 1. The molecule has 0 saturated heterocycles. The van der Waals surface area contributed by atoms with Crippen molar-refractivity contribution >= 4 is 6.03 Å². The van der Waals surface area contributed by atoms with Crippen LogP contribution in [-0.4, -0.2) is 30.1 Å². The molecule has 2 aromatic rings. The standard InChI is InChI=1S/C20H26N2O2/c1-16(2)22(15-18-10-5-4-6-11-18)20(23)21-13-14-24-19-12-8-7-9-17(19)3/h4-12,16H,13-15H2,1-3H3,(H,21,23). The van der Waals surface area contributed by atoms with Crippen LogP contribution in [0, 0.1) is 6.92 Å². The zero-order valence-electron chi connectivity index (χ0n) is 14.7. The van der Waals surface area contributed by atoms with Crippen molar-refractivity contribution in [2.75, 3.05) is 13.2 Å². The van der Waals surface area contributed by atoms with Gasteiger partial charge >= 0.3 is 6.03 Å². The molecule has 0 fully saturated rings. The predicted molar refractivity (Wildman–Crippen MR) is 97.2 cm³/mol. The minimum absolute atomic E-state index is 0.0674. The smallest absolute Gasteiger partial charge is 0.318 e. The van der Waals surface area contributed by atoms with Gasteiger partial charge in [-0.2, -0.15) is 0 Å². The van der Waals surface area contributed by atoms with E-state index in [0.29, 0.717) is 19.7 Å². The van der Waals surface area contributed by atoms with Gasteiger partial charge in [0.2, 0.25) is 0 Å². The maximum Gasteiger partial charge on any atom is 0.318 e. The second-order valence-electron chi connectivity index (χ2n) is 6.05. The molecule has 2 amide bonds. The summed E-state index contributed by atoms with van der Waals surface area (Å²) in [7, 11) is 0. The van der Waals surface area contributed by atoms with E-state index in [1.165, 1.54) is 0 Å². The monoisotopic (exact) mass is 326 g/mol. The Morgan fingerprint density at radius 3 is 2.42 bits per heavy atom. The van der Waals surface area contributed by atoms with E-state index in [1.807, 2.05) is 80.3 Å². The number of amides is 2. The summed E-state index contributed by atoms with van der Waals surface area (Å²) >= 11 is 0. The van der Waals surface area contributed by atoms with Gasteiger partial charge in [0.15, 0.2) is 0 Å². The fourth-order valence-corrected chi connectivity index (χ4v) is 2.41. The lowest BCUT2D eigenvalue weighted by molar-refractivity contribution is 0.177. The number of hydrogen-bond acceptors (Lipinski definition) is 2. The topological polar surface area (TPSA) is 41.6 Å². The molecule has 0 atom stereocenters. The molecule has 0 aliphatic rings. The maximum absolute atomic E-state index is 12.4. The molecule has 0 spiro atoms. The van der Waals surface area contributed by atoms with E-state index in [2.05, 4.69) is 5.32 Å². The van der Waals surface area contributed by atoms with E-state index in [9.17, 15) is 4.79 Å².